The molecule has 5 heteroatoms. The van der Waals surface area contributed by atoms with Crippen molar-refractivity contribution in [3.63, 3.8) is 0 Å². The third-order valence-electron chi connectivity index (χ3n) is 2.24. The van der Waals surface area contributed by atoms with Gasteiger partial charge in [0.2, 0.25) is 0 Å². The van der Waals surface area contributed by atoms with Crippen LogP contribution in [-0.4, -0.2) is 34.3 Å². The van der Waals surface area contributed by atoms with Crippen LogP contribution in [-0.2, 0) is 10.1 Å². The standard InChI is InChI=1S/C10H23NO3S/c1-8(15(12,13)14)11(9(2,3)4)10(5,6)7/h8H,1-7H3,(H,12,13,14). The molecule has 0 amide bonds. The van der Waals surface area contributed by atoms with Gasteiger partial charge in [-0.3, -0.25) is 9.45 Å². The van der Waals surface area contributed by atoms with Crippen LogP contribution in [0.5, 0.6) is 0 Å². The minimum absolute atomic E-state index is 0.326. The van der Waals surface area contributed by atoms with Crippen molar-refractivity contribution in [2.24, 2.45) is 0 Å². The van der Waals surface area contributed by atoms with Crippen molar-refractivity contribution in [1.82, 2.24) is 4.90 Å². The summed E-state index contributed by atoms with van der Waals surface area (Å²) in [6, 6.07) is 0. The highest BCUT2D eigenvalue weighted by Gasteiger charge is 2.40. The van der Waals surface area contributed by atoms with E-state index >= 15 is 0 Å². The average Bonchev–Trinajstić information content (AvgIpc) is 1.76. The van der Waals surface area contributed by atoms with E-state index in [1.165, 1.54) is 6.92 Å². The molecule has 4 nitrogen and oxygen atoms in total. The van der Waals surface area contributed by atoms with E-state index in [-0.39, 0.29) is 11.1 Å². The van der Waals surface area contributed by atoms with Gasteiger partial charge in [-0.25, -0.2) is 0 Å². The third-order valence-corrected chi connectivity index (χ3v) is 3.31. The summed E-state index contributed by atoms with van der Waals surface area (Å²) in [6.45, 7) is 13.1. The molecule has 15 heavy (non-hydrogen) atoms. The van der Waals surface area contributed by atoms with E-state index in [4.69, 9.17) is 4.55 Å². The molecule has 0 aromatic carbocycles. The Hall–Kier alpha value is -0.130. The third kappa shape index (κ3) is 4.09. The molecule has 0 radical (unpaired) electrons. The largest absolute Gasteiger partial charge is 0.284 e. The predicted octanol–water partition coefficient (Wildman–Crippen LogP) is 2.12. The van der Waals surface area contributed by atoms with E-state index in [0.717, 1.165) is 0 Å². The Morgan fingerprint density at radius 1 is 1.00 bits per heavy atom. The summed E-state index contributed by atoms with van der Waals surface area (Å²) in [4.78, 5) is 1.79. The van der Waals surface area contributed by atoms with Gasteiger partial charge in [0.15, 0.2) is 0 Å². The van der Waals surface area contributed by atoms with Crippen LogP contribution in [0.4, 0.5) is 0 Å². The minimum Gasteiger partial charge on any atom is -0.284 e. The molecule has 1 unspecified atom stereocenters. The zero-order chi connectivity index (χ0) is 12.7. The first-order valence-corrected chi connectivity index (χ1v) is 6.54. The van der Waals surface area contributed by atoms with Crippen LogP contribution in [0.15, 0.2) is 0 Å². The highest BCUT2D eigenvalue weighted by molar-refractivity contribution is 7.86. The van der Waals surface area contributed by atoms with Gasteiger partial charge < -0.3 is 0 Å². The van der Waals surface area contributed by atoms with Crippen LogP contribution < -0.4 is 0 Å². The summed E-state index contributed by atoms with van der Waals surface area (Å²) in [6.07, 6.45) is 0. The average molecular weight is 237 g/mol. The zero-order valence-electron chi connectivity index (χ0n) is 10.7. The van der Waals surface area contributed by atoms with E-state index in [1.54, 1.807) is 4.90 Å². The maximum atomic E-state index is 11.2. The Balaban J connectivity index is 5.35. The highest BCUT2D eigenvalue weighted by atomic mass is 32.2. The fourth-order valence-corrected chi connectivity index (χ4v) is 3.13. The monoisotopic (exact) mass is 237 g/mol. The normalized spacial score (nSPS) is 16.9. The van der Waals surface area contributed by atoms with Crippen LogP contribution >= 0.6 is 0 Å². The summed E-state index contributed by atoms with van der Waals surface area (Å²) in [5, 5.41) is -0.905. The summed E-state index contributed by atoms with van der Waals surface area (Å²) in [5.41, 5.74) is -0.652. The Bertz CT molecular complexity index is 295. The van der Waals surface area contributed by atoms with Crippen molar-refractivity contribution in [3.05, 3.63) is 0 Å². The second-order valence-electron chi connectivity index (χ2n) is 5.83. The van der Waals surface area contributed by atoms with Crippen LogP contribution in [0.2, 0.25) is 0 Å². The van der Waals surface area contributed by atoms with Crippen molar-refractivity contribution in [3.8, 4) is 0 Å². The van der Waals surface area contributed by atoms with E-state index in [0.29, 0.717) is 0 Å². The van der Waals surface area contributed by atoms with E-state index < -0.39 is 15.5 Å². The van der Waals surface area contributed by atoms with Crippen LogP contribution in [0.3, 0.4) is 0 Å². The SMILES string of the molecule is CC(N(C(C)(C)C)C(C)(C)C)S(=O)(=O)O. The second kappa shape index (κ2) is 4.03. The van der Waals surface area contributed by atoms with Gasteiger partial charge in [0.1, 0.15) is 5.37 Å². The van der Waals surface area contributed by atoms with Crippen LogP contribution in [0.1, 0.15) is 48.5 Å². The van der Waals surface area contributed by atoms with Gasteiger partial charge in [-0.15, -0.1) is 0 Å². The number of rotatable bonds is 2. The first-order valence-electron chi connectivity index (χ1n) is 5.03. The van der Waals surface area contributed by atoms with E-state index in [9.17, 15) is 8.42 Å². The van der Waals surface area contributed by atoms with Crippen LogP contribution in [0, 0.1) is 0 Å². The van der Waals surface area contributed by atoms with E-state index in [2.05, 4.69) is 0 Å². The second-order valence-corrected chi connectivity index (χ2v) is 7.54. The molecule has 0 saturated carbocycles. The zero-order valence-corrected chi connectivity index (χ0v) is 11.5. The van der Waals surface area contributed by atoms with Crippen molar-refractivity contribution in [1.29, 1.82) is 0 Å². The minimum atomic E-state index is -4.04. The molecule has 0 saturated heterocycles. The molecule has 0 aromatic heterocycles. The molecule has 0 aromatic rings. The highest BCUT2D eigenvalue weighted by Crippen LogP contribution is 2.29. The summed E-state index contributed by atoms with van der Waals surface area (Å²) >= 11 is 0. The van der Waals surface area contributed by atoms with Crippen molar-refractivity contribution in [2.45, 2.75) is 64.9 Å². The molecular formula is C10H23NO3S. The maximum absolute atomic E-state index is 11.2. The van der Waals surface area contributed by atoms with Crippen molar-refractivity contribution in [2.75, 3.05) is 0 Å². The van der Waals surface area contributed by atoms with Crippen molar-refractivity contribution < 1.29 is 13.0 Å². The molecule has 1 atom stereocenters. The Kier molecular flexibility index (Phi) is 4.00. The van der Waals surface area contributed by atoms with E-state index in [1.807, 2.05) is 41.5 Å². The topological polar surface area (TPSA) is 57.6 Å². The van der Waals surface area contributed by atoms with Gasteiger partial charge in [0, 0.05) is 11.1 Å². The summed E-state index contributed by atoms with van der Waals surface area (Å²) < 4.78 is 31.5. The first kappa shape index (κ1) is 14.9. The van der Waals surface area contributed by atoms with Crippen LogP contribution in [0.25, 0.3) is 0 Å². The van der Waals surface area contributed by atoms with Crippen molar-refractivity contribution >= 4 is 10.1 Å². The summed E-state index contributed by atoms with van der Waals surface area (Å²) in [5.74, 6) is 0. The number of hydrogen-bond donors (Lipinski definition) is 1. The number of hydrogen-bond acceptors (Lipinski definition) is 3. The summed E-state index contributed by atoms with van der Waals surface area (Å²) in [7, 11) is -4.04. The molecule has 0 fully saturated rings. The lowest BCUT2D eigenvalue weighted by molar-refractivity contribution is 0.0260. The van der Waals surface area contributed by atoms with Gasteiger partial charge in [0.05, 0.1) is 0 Å². The maximum Gasteiger partial charge on any atom is 0.281 e. The molecule has 0 aliphatic rings. The Morgan fingerprint density at radius 2 is 1.27 bits per heavy atom. The molecule has 0 heterocycles. The number of nitrogens with zero attached hydrogens (tertiary/aromatic N) is 1. The molecule has 1 N–H and O–H groups in total. The van der Waals surface area contributed by atoms with Gasteiger partial charge in [-0.1, -0.05) is 0 Å². The quantitative estimate of drug-likeness (QED) is 0.747. The lowest BCUT2D eigenvalue weighted by atomic mass is 9.96. The molecule has 0 rings (SSSR count). The molecule has 0 bridgehead atoms. The molecule has 0 aliphatic heterocycles. The lowest BCUT2D eigenvalue weighted by Gasteiger charge is -2.47. The predicted molar refractivity (Wildman–Crippen MR) is 62.4 cm³/mol. The molecule has 0 spiro atoms. The van der Waals surface area contributed by atoms with Gasteiger partial charge >= 0.3 is 0 Å². The lowest BCUT2D eigenvalue weighted by Crippen LogP contribution is -2.58. The first-order chi connectivity index (χ1) is 6.28. The smallest absolute Gasteiger partial charge is 0.281 e. The molecule has 92 valence electrons. The molecular weight excluding hydrogens is 214 g/mol. The van der Waals surface area contributed by atoms with Gasteiger partial charge in [-0.05, 0) is 48.5 Å². The fourth-order valence-electron chi connectivity index (χ4n) is 2.23. The van der Waals surface area contributed by atoms with Gasteiger partial charge in [-0.2, -0.15) is 8.42 Å². The Morgan fingerprint density at radius 3 is 1.33 bits per heavy atom. The fraction of sp³-hybridized carbons (Fsp3) is 1.00. The molecule has 0 aliphatic carbocycles. The van der Waals surface area contributed by atoms with Gasteiger partial charge in [0.25, 0.3) is 10.1 Å². The Labute approximate surface area is 93.4 Å².